The maximum atomic E-state index is 12.6. The summed E-state index contributed by atoms with van der Waals surface area (Å²) in [4.78, 5) is 12.7. The molecule has 1 aliphatic carbocycles. The van der Waals surface area contributed by atoms with Crippen molar-refractivity contribution in [3.05, 3.63) is 29.8 Å². The molecule has 2 fully saturated rings. The lowest BCUT2D eigenvalue weighted by molar-refractivity contribution is 0.0908. The van der Waals surface area contributed by atoms with E-state index in [2.05, 4.69) is 12.2 Å². The monoisotopic (exact) mass is 350 g/mol. The Hall–Kier alpha value is -1.40. The lowest BCUT2D eigenvalue weighted by Crippen LogP contribution is -2.43. The van der Waals surface area contributed by atoms with Crippen LogP contribution in [-0.4, -0.2) is 37.3 Å². The van der Waals surface area contributed by atoms with Gasteiger partial charge in [-0.1, -0.05) is 19.3 Å². The molecule has 1 aromatic rings. The summed E-state index contributed by atoms with van der Waals surface area (Å²) in [7, 11) is -3.44. The fourth-order valence-corrected chi connectivity index (χ4v) is 5.18. The summed E-state index contributed by atoms with van der Waals surface area (Å²) in [6, 6.07) is 6.33. The SMILES string of the molecule is CC1(NC(=O)c2ccc(S(=O)(=O)N3CCCCC3)cc2)CCCC1. The van der Waals surface area contributed by atoms with Gasteiger partial charge in [-0.3, -0.25) is 4.79 Å². The summed E-state index contributed by atoms with van der Waals surface area (Å²) in [6.45, 7) is 3.25. The van der Waals surface area contributed by atoms with Crippen LogP contribution in [0.25, 0.3) is 0 Å². The summed E-state index contributed by atoms with van der Waals surface area (Å²) < 4.78 is 26.8. The third-order valence-electron chi connectivity index (χ3n) is 5.19. The van der Waals surface area contributed by atoms with Crippen LogP contribution < -0.4 is 5.32 Å². The van der Waals surface area contributed by atoms with Gasteiger partial charge in [-0.25, -0.2) is 8.42 Å². The molecular weight excluding hydrogens is 324 g/mol. The van der Waals surface area contributed by atoms with E-state index in [1.54, 1.807) is 28.6 Å². The Kier molecular flexibility index (Phi) is 4.97. The van der Waals surface area contributed by atoms with Gasteiger partial charge < -0.3 is 5.32 Å². The van der Waals surface area contributed by atoms with Crippen molar-refractivity contribution in [3.8, 4) is 0 Å². The summed E-state index contributed by atoms with van der Waals surface area (Å²) in [5.41, 5.74) is 0.385. The largest absolute Gasteiger partial charge is 0.347 e. The average Bonchev–Trinajstić information content (AvgIpc) is 3.02. The Bertz CT molecular complexity index is 685. The third-order valence-corrected chi connectivity index (χ3v) is 7.10. The van der Waals surface area contributed by atoms with Gasteiger partial charge in [-0.2, -0.15) is 4.31 Å². The molecule has 0 atom stereocenters. The number of piperidine rings is 1. The van der Waals surface area contributed by atoms with Crippen molar-refractivity contribution in [1.82, 2.24) is 9.62 Å². The van der Waals surface area contributed by atoms with Crippen LogP contribution in [0, 0.1) is 0 Å². The van der Waals surface area contributed by atoms with Crippen LogP contribution in [0.1, 0.15) is 62.2 Å². The molecule has 1 aromatic carbocycles. The van der Waals surface area contributed by atoms with E-state index in [1.165, 1.54) is 0 Å². The van der Waals surface area contributed by atoms with Crippen LogP contribution in [0.5, 0.6) is 0 Å². The van der Waals surface area contributed by atoms with E-state index in [4.69, 9.17) is 0 Å². The van der Waals surface area contributed by atoms with E-state index in [0.717, 1.165) is 44.9 Å². The van der Waals surface area contributed by atoms with Gasteiger partial charge in [-0.05, 0) is 56.9 Å². The number of amides is 1. The second-order valence-corrected chi connectivity index (χ2v) is 9.15. The average molecular weight is 350 g/mol. The predicted molar refractivity (Wildman–Crippen MR) is 93.4 cm³/mol. The summed E-state index contributed by atoms with van der Waals surface area (Å²) in [6.07, 6.45) is 7.20. The molecule has 2 aliphatic rings. The van der Waals surface area contributed by atoms with Crippen LogP contribution in [0.4, 0.5) is 0 Å². The van der Waals surface area contributed by atoms with Crippen molar-refractivity contribution in [2.45, 2.75) is 62.3 Å². The Morgan fingerprint density at radius 1 is 1.00 bits per heavy atom. The number of sulfonamides is 1. The van der Waals surface area contributed by atoms with Gasteiger partial charge in [0.05, 0.1) is 4.90 Å². The van der Waals surface area contributed by atoms with Crippen molar-refractivity contribution in [2.24, 2.45) is 0 Å². The minimum atomic E-state index is -3.44. The molecule has 1 saturated heterocycles. The Morgan fingerprint density at radius 2 is 1.58 bits per heavy atom. The molecule has 0 unspecified atom stereocenters. The second-order valence-electron chi connectivity index (χ2n) is 7.21. The zero-order chi connectivity index (χ0) is 17.2. The zero-order valence-corrected chi connectivity index (χ0v) is 15.1. The van der Waals surface area contributed by atoms with Gasteiger partial charge >= 0.3 is 0 Å². The van der Waals surface area contributed by atoms with Crippen molar-refractivity contribution in [1.29, 1.82) is 0 Å². The maximum absolute atomic E-state index is 12.6. The van der Waals surface area contributed by atoms with E-state index in [9.17, 15) is 13.2 Å². The van der Waals surface area contributed by atoms with E-state index >= 15 is 0 Å². The first kappa shape index (κ1) is 17.4. The molecule has 3 rings (SSSR count). The topological polar surface area (TPSA) is 66.5 Å². The normalized spacial score (nSPS) is 21.5. The molecule has 1 saturated carbocycles. The van der Waals surface area contributed by atoms with E-state index < -0.39 is 10.0 Å². The molecule has 5 nitrogen and oxygen atoms in total. The fraction of sp³-hybridized carbons (Fsp3) is 0.611. The molecule has 132 valence electrons. The molecule has 0 radical (unpaired) electrons. The molecule has 0 aromatic heterocycles. The highest BCUT2D eigenvalue weighted by Crippen LogP contribution is 2.29. The van der Waals surface area contributed by atoms with Gasteiger partial charge in [0.2, 0.25) is 10.0 Å². The van der Waals surface area contributed by atoms with E-state index in [0.29, 0.717) is 18.7 Å². The fourth-order valence-electron chi connectivity index (χ4n) is 3.66. The van der Waals surface area contributed by atoms with Crippen LogP contribution in [0.15, 0.2) is 29.2 Å². The number of benzene rings is 1. The Labute approximate surface area is 144 Å². The Balaban J connectivity index is 1.71. The molecule has 0 bridgehead atoms. The first-order valence-corrected chi connectivity index (χ1v) is 10.3. The predicted octanol–water partition coefficient (Wildman–Crippen LogP) is 2.92. The van der Waals surface area contributed by atoms with E-state index in [-0.39, 0.29) is 16.3 Å². The number of carbonyl (C=O) groups excluding carboxylic acids is 1. The lowest BCUT2D eigenvalue weighted by Gasteiger charge is -2.26. The zero-order valence-electron chi connectivity index (χ0n) is 14.3. The first-order chi connectivity index (χ1) is 11.4. The van der Waals surface area contributed by atoms with Gasteiger partial charge in [0.1, 0.15) is 0 Å². The lowest BCUT2D eigenvalue weighted by atomic mass is 10.00. The summed E-state index contributed by atoms with van der Waals surface area (Å²) in [5.74, 6) is -0.124. The molecule has 6 heteroatoms. The van der Waals surface area contributed by atoms with Crippen molar-refractivity contribution >= 4 is 15.9 Å². The number of nitrogens with one attached hydrogen (secondary N) is 1. The van der Waals surface area contributed by atoms with Gasteiger partial charge in [0.15, 0.2) is 0 Å². The van der Waals surface area contributed by atoms with Crippen molar-refractivity contribution < 1.29 is 13.2 Å². The molecule has 1 aliphatic heterocycles. The maximum Gasteiger partial charge on any atom is 0.251 e. The van der Waals surface area contributed by atoms with Crippen LogP contribution >= 0.6 is 0 Å². The number of carbonyl (C=O) groups is 1. The first-order valence-electron chi connectivity index (χ1n) is 8.84. The highest BCUT2D eigenvalue weighted by atomic mass is 32.2. The number of nitrogens with zero attached hydrogens (tertiary/aromatic N) is 1. The number of rotatable bonds is 4. The molecular formula is C18H26N2O3S. The van der Waals surface area contributed by atoms with Crippen molar-refractivity contribution in [2.75, 3.05) is 13.1 Å². The Morgan fingerprint density at radius 3 is 2.17 bits per heavy atom. The molecule has 1 N–H and O–H groups in total. The minimum absolute atomic E-state index is 0.124. The standard InChI is InChI=1S/C18H26N2O3S/c1-18(11-3-4-12-18)19-17(21)15-7-9-16(10-8-15)24(22,23)20-13-5-2-6-14-20/h7-10H,2-6,11-14H2,1H3,(H,19,21). The highest BCUT2D eigenvalue weighted by Gasteiger charge is 2.31. The smallest absolute Gasteiger partial charge is 0.251 e. The molecule has 1 amide bonds. The quantitative estimate of drug-likeness (QED) is 0.908. The van der Waals surface area contributed by atoms with Crippen LogP contribution in [0.2, 0.25) is 0 Å². The molecule has 1 heterocycles. The van der Waals surface area contributed by atoms with Crippen LogP contribution in [-0.2, 0) is 10.0 Å². The summed E-state index contributed by atoms with van der Waals surface area (Å²) >= 11 is 0. The van der Waals surface area contributed by atoms with Crippen LogP contribution in [0.3, 0.4) is 0 Å². The molecule has 24 heavy (non-hydrogen) atoms. The summed E-state index contributed by atoms with van der Waals surface area (Å²) in [5, 5.41) is 3.09. The van der Waals surface area contributed by atoms with Crippen molar-refractivity contribution in [3.63, 3.8) is 0 Å². The highest BCUT2D eigenvalue weighted by molar-refractivity contribution is 7.89. The minimum Gasteiger partial charge on any atom is -0.347 e. The van der Waals surface area contributed by atoms with Gasteiger partial charge in [-0.15, -0.1) is 0 Å². The second kappa shape index (κ2) is 6.84. The third kappa shape index (κ3) is 3.64. The number of hydrogen-bond acceptors (Lipinski definition) is 3. The van der Waals surface area contributed by atoms with E-state index in [1.807, 2.05) is 0 Å². The van der Waals surface area contributed by atoms with Gasteiger partial charge in [0.25, 0.3) is 5.91 Å². The number of hydrogen-bond donors (Lipinski definition) is 1. The van der Waals surface area contributed by atoms with Gasteiger partial charge in [0, 0.05) is 24.2 Å². The molecule has 0 spiro atoms.